The van der Waals surface area contributed by atoms with E-state index in [4.69, 9.17) is 11.5 Å². The molecule has 0 rings (SSSR count). The van der Waals surface area contributed by atoms with Gasteiger partial charge in [0.05, 0.1) is 0 Å². The fraction of sp³-hybridized carbons (Fsp3) is 1.00. The standard InChI is InChI=1S/C10H25N3/c1-10(9-12)5-3-2-4-7-13-8-6-11/h10,13H,2-9,11-12H2,1H3/t10-/m0/s1. The Kier molecular flexibility index (Phi) is 9.87. The highest BCUT2D eigenvalue weighted by Gasteiger charge is 1.97. The predicted molar refractivity (Wildman–Crippen MR) is 58.6 cm³/mol. The van der Waals surface area contributed by atoms with Crippen LogP contribution in [0.5, 0.6) is 0 Å². The van der Waals surface area contributed by atoms with Crippen molar-refractivity contribution in [3.63, 3.8) is 0 Å². The van der Waals surface area contributed by atoms with Gasteiger partial charge in [-0.2, -0.15) is 0 Å². The van der Waals surface area contributed by atoms with Crippen LogP contribution >= 0.6 is 0 Å². The van der Waals surface area contributed by atoms with E-state index in [2.05, 4.69) is 12.2 Å². The van der Waals surface area contributed by atoms with E-state index in [1.807, 2.05) is 0 Å². The maximum absolute atomic E-state index is 5.53. The van der Waals surface area contributed by atoms with Crippen molar-refractivity contribution in [2.45, 2.75) is 32.6 Å². The molecule has 0 aromatic carbocycles. The average Bonchev–Trinajstić information content (AvgIpc) is 2.16. The highest BCUT2D eigenvalue weighted by Crippen LogP contribution is 2.06. The van der Waals surface area contributed by atoms with Crippen molar-refractivity contribution in [2.75, 3.05) is 26.2 Å². The smallest absolute Gasteiger partial charge is 0.00745 e. The van der Waals surface area contributed by atoms with Crippen LogP contribution < -0.4 is 16.8 Å². The lowest BCUT2D eigenvalue weighted by Crippen LogP contribution is -2.23. The first-order valence-electron chi connectivity index (χ1n) is 5.42. The van der Waals surface area contributed by atoms with E-state index in [1.54, 1.807) is 0 Å². The Labute approximate surface area is 82.3 Å². The van der Waals surface area contributed by atoms with Gasteiger partial charge in [0, 0.05) is 13.1 Å². The average molecular weight is 187 g/mol. The second-order valence-electron chi connectivity index (χ2n) is 3.73. The van der Waals surface area contributed by atoms with E-state index < -0.39 is 0 Å². The van der Waals surface area contributed by atoms with Gasteiger partial charge in [0.25, 0.3) is 0 Å². The van der Waals surface area contributed by atoms with Gasteiger partial charge in [-0.15, -0.1) is 0 Å². The second kappa shape index (κ2) is 9.96. The third kappa shape index (κ3) is 9.80. The fourth-order valence-corrected chi connectivity index (χ4v) is 1.26. The summed E-state index contributed by atoms with van der Waals surface area (Å²) in [5, 5.41) is 3.29. The van der Waals surface area contributed by atoms with Gasteiger partial charge in [0.15, 0.2) is 0 Å². The molecule has 0 unspecified atom stereocenters. The molecule has 5 N–H and O–H groups in total. The molecule has 0 aromatic rings. The zero-order chi connectivity index (χ0) is 9.94. The van der Waals surface area contributed by atoms with Crippen LogP contribution in [0.2, 0.25) is 0 Å². The van der Waals surface area contributed by atoms with Crippen LogP contribution in [-0.4, -0.2) is 26.2 Å². The van der Waals surface area contributed by atoms with Crippen molar-refractivity contribution in [1.82, 2.24) is 5.32 Å². The van der Waals surface area contributed by atoms with E-state index in [1.165, 1.54) is 25.7 Å². The van der Waals surface area contributed by atoms with Crippen molar-refractivity contribution >= 4 is 0 Å². The number of hydrogen-bond donors (Lipinski definition) is 3. The monoisotopic (exact) mass is 187 g/mol. The van der Waals surface area contributed by atoms with Crippen LogP contribution in [0.25, 0.3) is 0 Å². The quantitative estimate of drug-likeness (QED) is 0.465. The molecule has 0 saturated carbocycles. The van der Waals surface area contributed by atoms with Crippen LogP contribution in [-0.2, 0) is 0 Å². The molecule has 80 valence electrons. The van der Waals surface area contributed by atoms with Crippen molar-refractivity contribution in [3.8, 4) is 0 Å². The molecule has 0 radical (unpaired) electrons. The van der Waals surface area contributed by atoms with Crippen molar-refractivity contribution in [3.05, 3.63) is 0 Å². The molecule has 3 heteroatoms. The third-order valence-corrected chi connectivity index (χ3v) is 2.27. The van der Waals surface area contributed by atoms with E-state index in [0.717, 1.165) is 26.2 Å². The number of nitrogens with one attached hydrogen (secondary N) is 1. The largest absolute Gasteiger partial charge is 0.330 e. The SMILES string of the molecule is C[C@H](CN)CCCCCNCCN. The first-order chi connectivity index (χ1) is 6.31. The summed E-state index contributed by atoms with van der Waals surface area (Å²) in [6.07, 6.45) is 5.15. The van der Waals surface area contributed by atoms with Crippen molar-refractivity contribution < 1.29 is 0 Å². The van der Waals surface area contributed by atoms with Gasteiger partial charge in [-0.1, -0.05) is 19.8 Å². The minimum Gasteiger partial charge on any atom is -0.330 e. The number of hydrogen-bond acceptors (Lipinski definition) is 3. The van der Waals surface area contributed by atoms with E-state index in [-0.39, 0.29) is 0 Å². The molecular weight excluding hydrogens is 162 g/mol. The van der Waals surface area contributed by atoms with Gasteiger partial charge in [0.1, 0.15) is 0 Å². The molecule has 0 heterocycles. The summed E-state index contributed by atoms with van der Waals surface area (Å²) in [5.74, 6) is 0.692. The van der Waals surface area contributed by atoms with Gasteiger partial charge >= 0.3 is 0 Å². The second-order valence-corrected chi connectivity index (χ2v) is 3.73. The Morgan fingerprint density at radius 1 is 1.08 bits per heavy atom. The van der Waals surface area contributed by atoms with E-state index in [0.29, 0.717) is 5.92 Å². The molecule has 0 bridgehead atoms. The topological polar surface area (TPSA) is 64.1 Å². The number of unbranched alkanes of at least 4 members (excludes halogenated alkanes) is 2. The zero-order valence-corrected chi connectivity index (χ0v) is 8.89. The highest BCUT2D eigenvalue weighted by molar-refractivity contribution is 4.54. The van der Waals surface area contributed by atoms with Crippen LogP contribution in [0.3, 0.4) is 0 Å². The summed E-state index contributed by atoms with van der Waals surface area (Å²) in [6.45, 7) is 5.83. The van der Waals surface area contributed by atoms with Crippen LogP contribution in [0.15, 0.2) is 0 Å². The first-order valence-corrected chi connectivity index (χ1v) is 5.42. The molecule has 0 spiro atoms. The molecule has 0 aliphatic rings. The molecule has 0 fully saturated rings. The summed E-state index contributed by atoms with van der Waals surface area (Å²) in [7, 11) is 0. The first kappa shape index (κ1) is 12.9. The molecule has 1 atom stereocenters. The Bertz CT molecular complexity index is 96.2. The lowest BCUT2D eigenvalue weighted by atomic mass is 10.0. The molecule has 0 aliphatic heterocycles. The van der Waals surface area contributed by atoms with Crippen LogP contribution in [0.1, 0.15) is 32.6 Å². The Morgan fingerprint density at radius 3 is 2.46 bits per heavy atom. The summed E-state index contributed by atoms with van der Waals surface area (Å²) in [5.41, 5.74) is 10.9. The molecule has 0 amide bonds. The van der Waals surface area contributed by atoms with Crippen molar-refractivity contribution in [2.24, 2.45) is 17.4 Å². The van der Waals surface area contributed by atoms with E-state index >= 15 is 0 Å². The van der Waals surface area contributed by atoms with E-state index in [9.17, 15) is 0 Å². The Morgan fingerprint density at radius 2 is 1.85 bits per heavy atom. The maximum atomic E-state index is 5.53. The van der Waals surface area contributed by atoms with Gasteiger partial charge in [0.2, 0.25) is 0 Å². The molecule has 3 nitrogen and oxygen atoms in total. The Balaban J connectivity index is 2.91. The molecule has 0 aliphatic carbocycles. The van der Waals surface area contributed by atoms with Crippen LogP contribution in [0.4, 0.5) is 0 Å². The lowest BCUT2D eigenvalue weighted by molar-refractivity contribution is 0.493. The number of rotatable bonds is 9. The normalized spacial score (nSPS) is 13.2. The maximum Gasteiger partial charge on any atom is 0.00745 e. The van der Waals surface area contributed by atoms with Gasteiger partial charge in [-0.3, -0.25) is 0 Å². The minimum absolute atomic E-state index is 0.692. The third-order valence-electron chi connectivity index (χ3n) is 2.27. The summed E-state index contributed by atoms with van der Waals surface area (Å²) >= 11 is 0. The zero-order valence-electron chi connectivity index (χ0n) is 8.89. The lowest BCUT2D eigenvalue weighted by Gasteiger charge is -2.07. The predicted octanol–water partition coefficient (Wildman–Crippen LogP) is 0.690. The number of nitrogens with two attached hydrogens (primary N) is 2. The van der Waals surface area contributed by atoms with Crippen LogP contribution in [0, 0.1) is 5.92 Å². The molecule has 0 saturated heterocycles. The molecule has 13 heavy (non-hydrogen) atoms. The summed E-state index contributed by atoms with van der Waals surface area (Å²) in [6, 6.07) is 0. The highest BCUT2D eigenvalue weighted by atomic mass is 14.9. The molecular formula is C10H25N3. The minimum atomic E-state index is 0.692. The fourth-order valence-electron chi connectivity index (χ4n) is 1.26. The summed E-state index contributed by atoms with van der Waals surface area (Å²) < 4.78 is 0. The molecule has 0 aromatic heterocycles. The van der Waals surface area contributed by atoms with Crippen molar-refractivity contribution in [1.29, 1.82) is 0 Å². The van der Waals surface area contributed by atoms with Gasteiger partial charge < -0.3 is 16.8 Å². The van der Waals surface area contributed by atoms with Gasteiger partial charge in [-0.05, 0) is 31.8 Å². The van der Waals surface area contributed by atoms with Gasteiger partial charge in [-0.25, -0.2) is 0 Å². The Hall–Kier alpha value is -0.120. The summed E-state index contributed by atoms with van der Waals surface area (Å²) in [4.78, 5) is 0.